The van der Waals surface area contributed by atoms with E-state index < -0.39 is 22.3 Å². The third-order valence-electron chi connectivity index (χ3n) is 1.97. The van der Waals surface area contributed by atoms with E-state index in [1.165, 1.54) is 0 Å². The average Bonchev–Trinajstić information content (AvgIpc) is 2.59. The highest BCUT2D eigenvalue weighted by Crippen LogP contribution is 2.20. The van der Waals surface area contributed by atoms with Crippen molar-refractivity contribution < 1.29 is 14.4 Å². The summed E-state index contributed by atoms with van der Waals surface area (Å²) >= 11 is 0.689. The number of carbonyl (C=O) groups is 3. The molecule has 2 rings (SSSR count). The molecule has 5 nitrogen and oxygen atoms in total. The number of amides is 3. The van der Waals surface area contributed by atoms with E-state index in [1.807, 2.05) is 6.07 Å². The molecule has 1 aliphatic rings. The maximum absolute atomic E-state index is 11.6. The molecule has 16 heavy (non-hydrogen) atoms. The molecule has 1 aromatic rings. The van der Waals surface area contributed by atoms with Crippen LogP contribution in [0.2, 0.25) is 0 Å². The molecule has 0 aromatic heterocycles. The SMILES string of the molecule is O=C1NC(=O)C(C(=O)Nc2ccccc2)S1. The molecule has 1 aliphatic heterocycles. The highest BCUT2D eigenvalue weighted by atomic mass is 32.2. The van der Waals surface area contributed by atoms with Gasteiger partial charge in [-0.3, -0.25) is 19.7 Å². The van der Waals surface area contributed by atoms with E-state index in [4.69, 9.17) is 0 Å². The highest BCUT2D eigenvalue weighted by Gasteiger charge is 2.37. The van der Waals surface area contributed by atoms with Crippen LogP contribution >= 0.6 is 11.8 Å². The summed E-state index contributed by atoms with van der Waals surface area (Å²) in [6, 6.07) is 8.76. The van der Waals surface area contributed by atoms with Gasteiger partial charge in [-0.15, -0.1) is 0 Å². The molecule has 1 saturated heterocycles. The molecule has 1 unspecified atom stereocenters. The molecular weight excluding hydrogens is 228 g/mol. The Bertz CT molecular complexity index is 447. The van der Waals surface area contributed by atoms with Crippen LogP contribution in [-0.4, -0.2) is 22.3 Å². The fourth-order valence-electron chi connectivity index (χ4n) is 1.26. The maximum Gasteiger partial charge on any atom is 0.286 e. The summed E-state index contributed by atoms with van der Waals surface area (Å²) in [5, 5.41) is 3.14. The number of para-hydroxylation sites is 1. The lowest BCUT2D eigenvalue weighted by molar-refractivity contribution is -0.124. The first-order valence-electron chi connectivity index (χ1n) is 4.54. The molecule has 1 aromatic carbocycles. The van der Waals surface area contributed by atoms with Crippen molar-refractivity contribution >= 4 is 34.5 Å². The minimum absolute atomic E-state index is 0.487. The molecule has 0 bridgehead atoms. The van der Waals surface area contributed by atoms with E-state index in [2.05, 4.69) is 10.6 Å². The summed E-state index contributed by atoms with van der Waals surface area (Å²) in [5.41, 5.74) is 0.597. The predicted molar refractivity (Wildman–Crippen MR) is 60.0 cm³/mol. The second-order valence-corrected chi connectivity index (χ2v) is 4.21. The second kappa shape index (κ2) is 4.36. The summed E-state index contributed by atoms with van der Waals surface area (Å²) < 4.78 is 0. The fraction of sp³-hybridized carbons (Fsp3) is 0.100. The lowest BCUT2D eigenvalue weighted by Gasteiger charge is -2.06. The Morgan fingerprint density at radius 1 is 1.25 bits per heavy atom. The van der Waals surface area contributed by atoms with E-state index >= 15 is 0 Å². The highest BCUT2D eigenvalue weighted by molar-refractivity contribution is 8.16. The zero-order chi connectivity index (χ0) is 11.5. The number of imide groups is 1. The van der Waals surface area contributed by atoms with Crippen LogP contribution in [-0.2, 0) is 9.59 Å². The number of nitrogens with one attached hydrogen (secondary N) is 2. The number of anilines is 1. The third kappa shape index (κ3) is 2.22. The lowest BCUT2D eigenvalue weighted by Crippen LogP contribution is -2.33. The number of rotatable bonds is 2. The van der Waals surface area contributed by atoms with Crippen molar-refractivity contribution in [1.82, 2.24) is 5.32 Å². The molecule has 0 spiro atoms. The summed E-state index contributed by atoms with van der Waals surface area (Å²) in [7, 11) is 0. The van der Waals surface area contributed by atoms with E-state index in [1.54, 1.807) is 24.3 Å². The van der Waals surface area contributed by atoms with Crippen LogP contribution in [0, 0.1) is 0 Å². The fourth-order valence-corrected chi connectivity index (χ4v) is 1.96. The molecule has 0 saturated carbocycles. The zero-order valence-electron chi connectivity index (χ0n) is 8.10. The van der Waals surface area contributed by atoms with Crippen LogP contribution in [0.1, 0.15) is 0 Å². The van der Waals surface area contributed by atoms with Crippen molar-refractivity contribution in [2.45, 2.75) is 5.25 Å². The van der Waals surface area contributed by atoms with Gasteiger partial charge >= 0.3 is 0 Å². The predicted octanol–water partition coefficient (Wildman–Crippen LogP) is 0.977. The van der Waals surface area contributed by atoms with Crippen LogP contribution in [0.4, 0.5) is 10.5 Å². The van der Waals surface area contributed by atoms with Gasteiger partial charge in [0.2, 0.25) is 5.91 Å². The quantitative estimate of drug-likeness (QED) is 0.750. The number of thioether (sulfide) groups is 1. The van der Waals surface area contributed by atoms with Crippen LogP contribution in [0.15, 0.2) is 30.3 Å². The van der Waals surface area contributed by atoms with Crippen molar-refractivity contribution in [3.8, 4) is 0 Å². The summed E-state index contributed by atoms with van der Waals surface area (Å²) in [4.78, 5) is 33.7. The standard InChI is InChI=1S/C10H8N2O3S/c13-8(7-9(14)12-10(15)16-7)11-6-4-2-1-3-5-6/h1-5,7H,(H,11,13)(H,12,14,15). The summed E-state index contributed by atoms with van der Waals surface area (Å²) in [6.45, 7) is 0. The Morgan fingerprint density at radius 3 is 2.50 bits per heavy atom. The first kappa shape index (κ1) is 10.7. The molecule has 0 radical (unpaired) electrons. The monoisotopic (exact) mass is 236 g/mol. The number of carbonyl (C=O) groups excluding carboxylic acids is 3. The summed E-state index contributed by atoms with van der Waals surface area (Å²) in [6.07, 6.45) is 0. The van der Waals surface area contributed by atoms with E-state index in [0.717, 1.165) is 0 Å². The van der Waals surface area contributed by atoms with Gasteiger partial charge in [-0.25, -0.2) is 0 Å². The largest absolute Gasteiger partial charge is 0.325 e. The van der Waals surface area contributed by atoms with Gasteiger partial charge < -0.3 is 5.32 Å². The average molecular weight is 236 g/mol. The van der Waals surface area contributed by atoms with Crippen molar-refractivity contribution in [3.63, 3.8) is 0 Å². The van der Waals surface area contributed by atoms with Gasteiger partial charge in [-0.2, -0.15) is 0 Å². The Kier molecular flexibility index (Phi) is 2.91. The number of benzene rings is 1. The molecule has 1 fully saturated rings. The molecule has 1 atom stereocenters. The Labute approximate surface area is 95.6 Å². The van der Waals surface area contributed by atoms with Gasteiger partial charge in [-0.05, 0) is 23.9 Å². The Balaban J connectivity index is 2.04. The van der Waals surface area contributed by atoms with Gasteiger partial charge in [0.15, 0.2) is 5.25 Å². The molecule has 2 N–H and O–H groups in total. The van der Waals surface area contributed by atoms with Crippen molar-refractivity contribution in [1.29, 1.82) is 0 Å². The van der Waals surface area contributed by atoms with Crippen LogP contribution < -0.4 is 10.6 Å². The summed E-state index contributed by atoms with van der Waals surface area (Å²) in [5.74, 6) is -1.05. The minimum atomic E-state index is -0.993. The van der Waals surface area contributed by atoms with Crippen LogP contribution in [0.25, 0.3) is 0 Å². The third-order valence-corrected chi connectivity index (χ3v) is 2.95. The number of hydrogen-bond acceptors (Lipinski definition) is 4. The molecule has 1 heterocycles. The normalized spacial score (nSPS) is 19.4. The molecular formula is C10H8N2O3S. The molecule has 0 aliphatic carbocycles. The van der Waals surface area contributed by atoms with E-state index in [0.29, 0.717) is 17.4 Å². The van der Waals surface area contributed by atoms with Gasteiger partial charge in [0, 0.05) is 5.69 Å². The smallest absolute Gasteiger partial charge is 0.286 e. The van der Waals surface area contributed by atoms with E-state index in [-0.39, 0.29) is 0 Å². The first-order chi connectivity index (χ1) is 7.66. The number of hydrogen-bond donors (Lipinski definition) is 2. The Hall–Kier alpha value is -1.82. The topological polar surface area (TPSA) is 75.3 Å². The molecule has 82 valence electrons. The van der Waals surface area contributed by atoms with Crippen LogP contribution in [0.3, 0.4) is 0 Å². The maximum atomic E-state index is 11.6. The molecule has 3 amide bonds. The van der Waals surface area contributed by atoms with Gasteiger partial charge in [0.05, 0.1) is 0 Å². The van der Waals surface area contributed by atoms with Gasteiger partial charge in [-0.1, -0.05) is 18.2 Å². The van der Waals surface area contributed by atoms with Crippen molar-refractivity contribution in [2.24, 2.45) is 0 Å². The van der Waals surface area contributed by atoms with Crippen LogP contribution in [0.5, 0.6) is 0 Å². The van der Waals surface area contributed by atoms with Gasteiger partial charge in [0.25, 0.3) is 11.1 Å². The Morgan fingerprint density at radius 2 is 1.94 bits per heavy atom. The van der Waals surface area contributed by atoms with Crippen molar-refractivity contribution in [2.75, 3.05) is 5.32 Å². The second-order valence-electron chi connectivity index (χ2n) is 3.13. The molecule has 6 heteroatoms. The van der Waals surface area contributed by atoms with Gasteiger partial charge in [0.1, 0.15) is 0 Å². The van der Waals surface area contributed by atoms with Crippen molar-refractivity contribution in [3.05, 3.63) is 30.3 Å². The first-order valence-corrected chi connectivity index (χ1v) is 5.42. The lowest BCUT2D eigenvalue weighted by atomic mass is 10.3. The van der Waals surface area contributed by atoms with E-state index in [9.17, 15) is 14.4 Å². The zero-order valence-corrected chi connectivity index (χ0v) is 8.91. The minimum Gasteiger partial charge on any atom is -0.325 e.